The molecule has 1 aliphatic rings. The second kappa shape index (κ2) is 7.92. The molecule has 128 valence electrons. The number of benzene rings is 1. The topological polar surface area (TPSA) is 83.3 Å². The van der Waals surface area contributed by atoms with Crippen molar-refractivity contribution in [3.8, 4) is 0 Å². The highest BCUT2D eigenvalue weighted by Gasteiger charge is 2.21. The zero-order valence-corrected chi connectivity index (χ0v) is 13.9. The first-order chi connectivity index (χ1) is 11.7. The lowest BCUT2D eigenvalue weighted by molar-refractivity contribution is 0.180. The Hall–Kier alpha value is -2.41. The molecule has 2 N–H and O–H groups in total. The monoisotopic (exact) mass is 329 g/mol. The van der Waals surface area contributed by atoms with E-state index in [9.17, 15) is 4.79 Å². The molecule has 1 atom stereocenters. The van der Waals surface area contributed by atoms with E-state index >= 15 is 0 Å². The van der Waals surface area contributed by atoms with Crippen molar-refractivity contribution < 1.29 is 9.32 Å². The largest absolute Gasteiger partial charge is 0.340 e. The molecule has 0 bridgehead atoms. The normalized spacial score (nSPS) is 18.3. The number of nitrogens with one attached hydrogen (secondary N) is 2. The smallest absolute Gasteiger partial charge is 0.315 e. The van der Waals surface area contributed by atoms with E-state index < -0.39 is 0 Å². The van der Waals surface area contributed by atoms with E-state index in [-0.39, 0.29) is 18.6 Å². The Kier molecular flexibility index (Phi) is 5.43. The Morgan fingerprint density at radius 2 is 2.21 bits per heavy atom. The van der Waals surface area contributed by atoms with Crippen LogP contribution in [0.1, 0.15) is 30.1 Å². The number of nitrogens with zero attached hydrogens (tertiary/aromatic N) is 3. The molecule has 0 aliphatic carbocycles. The molecule has 0 radical (unpaired) electrons. The Morgan fingerprint density at radius 1 is 1.38 bits per heavy atom. The van der Waals surface area contributed by atoms with E-state index in [0.29, 0.717) is 11.7 Å². The van der Waals surface area contributed by atoms with Gasteiger partial charge in [0.25, 0.3) is 0 Å². The van der Waals surface area contributed by atoms with Gasteiger partial charge in [-0.25, -0.2) is 4.79 Å². The van der Waals surface area contributed by atoms with Gasteiger partial charge in [-0.1, -0.05) is 35.5 Å². The molecule has 7 heteroatoms. The van der Waals surface area contributed by atoms with E-state index in [2.05, 4.69) is 49.9 Å². The molecule has 7 nitrogen and oxygen atoms in total. The SMILES string of the molecule is Cc1nc(CNC(=O)NC2CCCN(Cc3ccccc3)C2)no1. The maximum atomic E-state index is 12.0. The number of hydrogen-bond acceptors (Lipinski definition) is 5. The number of piperidine rings is 1. The van der Waals surface area contributed by atoms with Crippen LogP contribution in [0.2, 0.25) is 0 Å². The summed E-state index contributed by atoms with van der Waals surface area (Å²) < 4.78 is 4.88. The van der Waals surface area contributed by atoms with Gasteiger partial charge in [0.15, 0.2) is 5.82 Å². The summed E-state index contributed by atoms with van der Waals surface area (Å²) in [5.74, 6) is 0.980. The fourth-order valence-corrected chi connectivity index (χ4v) is 2.97. The first-order valence-electron chi connectivity index (χ1n) is 8.29. The van der Waals surface area contributed by atoms with Crippen LogP contribution in [0.3, 0.4) is 0 Å². The van der Waals surface area contributed by atoms with Crippen LogP contribution >= 0.6 is 0 Å². The molecule has 0 saturated carbocycles. The van der Waals surface area contributed by atoms with Gasteiger partial charge >= 0.3 is 6.03 Å². The fourth-order valence-electron chi connectivity index (χ4n) is 2.97. The molecule has 1 saturated heterocycles. The summed E-state index contributed by atoms with van der Waals surface area (Å²) >= 11 is 0. The van der Waals surface area contributed by atoms with Crippen LogP contribution in [0.15, 0.2) is 34.9 Å². The molecule has 1 unspecified atom stereocenters. The molecule has 1 aromatic heterocycles. The van der Waals surface area contributed by atoms with E-state index in [4.69, 9.17) is 4.52 Å². The first-order valence-corrected chi connectivity index (χ1v) is 8.29. The van der Waals surface area contributed by atoms with Crippen LogP contribution in [0.25, 0.3) is 0 Å². The molecule has 3 rings (SSSR count). The molecule has 2 amide bonds. The molecular formula is C17H23N5O2. The van der Waals surface area contributed by atoms with Crippen molar-refractivity contribution >= 4 is 6.03 Å². The van der Waals surface area contributed by atoms with Crippen LogP contribution in [-0.2, 0) is 13.1 Å². The van der Waals surface area contributed by atoms with Gasteiger partial charge < -0.3 is 15.2 Å². The Morgan fingerprint density at radius 3 is 2.96 bits per heavy atom. The predicted molar refractivity (Wildman–Crippen MR) is 89.1 cm³/mol. The lowest BCUT2D eigenvalue weighted by Gasteiger charge is -2.33. The average Bonchev–Trinajstić information content (AvgIpc) is 3.00. The second-order valence-electron chi connectivity index (χ2n) is 6.12. The van der Waals surface area contributed by atoms with Crippen LogP contribution in [0.4, 0.5) is 4.79 Å². The van der Waals surface area contributed by atoms with Gasteiger partial charge in [0.1, 0.15) is 0 Å². The molecular weight excluding hydrogens is 306 g/mol. The highest BCUT2D eigenvalue weighted by atomic mass is 16.5. The number of aromatic nitrogens is 2. The van der Waals surface area contributed by atoms with Gasteiger partial charge in [0, 0.05) is 26.1 Å². The minimum Gasteiger partial charge on any atom is -0.340 e. The van der Waals surface area contributed by atoms with E-state index in [0.717, 1.165) is 32.5 Å². The summed E-state index contributed by atoms with van der Waals surface area (Å²) in [6.45, 7) is 4.84. The Bertz CT molecular complexity index is 658. The number of likely N-dealkylation sites (tertiary alicyclic amines) is 1. The van der Waals surface area contributed by atoms with Crippen LogP contribution in [0.5, 0.6) is 0 Å². The van der Waals surface area contributed by atoms with Crippen molar-refractivity contribution in [3.63, 3.8) is 0 Å². The number of urea groups is 1. The molecule has 2 aromatic rings. The zero-order chi connectivity index (χ0) is 16.8. The molecule has 0 spiro atoms. The van der Waals surface area contributed by atoms with Crippen molar-refractivity contribution in [2.75, 3.05) is 13.1 Å². The van der Waals surface area contributed by atoms with Gasteiger partial charge in [-0.2, -0.15) is 4.98 Å². The van der Waals surface area contributed by atoms with Gasteiger partial charge in [0.2, 0.25) is 5.89 Å². The average molecular weight is 329 g/mol. The lowest BCUT2D eigenvalue weighted by atomic mass is 10.0. The zero-order valence-electron chi connectivity index (χ0n) is 13.9. The Balaban J connectivity index is 1.43. The van der Waals surface area contributed by atoms with E-state index in [1.807, 2.05) is 6.07 Å². The summed E-state index contributed by atoms with van der Waals surface area (Å²) in [4.78, 5) is 18.5. The van der Waals surface area contributed by atoms with Gasteiger partial charge in [-0.3, -0.25) is 4.90 Å². The number of aryl methyl sites for hydroxylation is 1. The summed E-state index contributed by atoms with van der Waals surface area (Å²) in [6.07, 6.45) is 2.09. The Labute approximate surface area is 141 Å². The van der Waals surface area contributed by atoms with Crippen molar-refractivity contribution in [2.45, 2.75) is 38.9 Å². The van der Waals surface area contributed by atoms with Gasteiger partial charge in [-0.05, 0) is 24.9 Å². The van der Waals surface area contributed by atoms with Crippen molar-refractivity contribution in [3.05, 3.63) is 47.6 Å². The van der Waals surface area contributed by atoms with Crippen molar-refractivity contribution in [1.82, 2.24) is 25.7 Å². The van der Waals surface area contributed by atoms with Crippen molar-refractivity contribution in [1.29, 1.82) is 0 Å². The molecule has 1 aromatic carbocycles. The molecule has 2 heterocycles. The third kappa shape index (κ3) is 4.79. The summed E-state index contributed by atoms with van der Waals surface area (Å²) in [5, 5.41) is 9.56. The maximum Gasteiger partial charge on any atom is 0.315 e. The molecule has 1 aliphatic heterocycles. The quantitative estimate of drug-likeness (QED) is 0.874. The highest BCUT2D eigenvalue weighted by molar-refractivity contribution is 5.74. The predicted octanol–water partition coefficient (Wildman–Crippen LogP) is 1.84. The number of rotatable bonds is 5. The number of amides is 2. The van der Waals surface area contributed by atoms with Gasteiger partial charge in [0.05, 0.1) is 6.54 Å². The van der Waals surface area contributed by atoms with Crippen molar-refractivity contribution in [2.24, 2.45) is 0 Å². The first kappa shape index (κ1) is 16.4. The van der Waals surface area contributed by atoms with Crippen LogP contribution in [0, 0.1) is 6.92 Å². The van der Waals surface area contributed by atoms with Gasteiger partial charge in [-0.15, -0.1) is 0 Å². The molecule has 1 fully saturated rings. The fraction of sp³-hybridized carbons (Fsp3) is 0.471. The number of carbonyl (C=O) groups excluding carboxylic acids is 1. The van der Waals surface area contributed by atoms with E-state index in [1.54, 1.807) is 6.92 Å². The van der Waals surface area contributed by atoms with Crippen LogP contribution in [-0.4, -0.2) is 40.2 Å². The highest BCUT2D eigenvalue weighted by Crippen LogP contribution is 2.13. The second-order valence-corrected chi connectivity index (χ2v) is 6.12. The summed E-state index contributed by atoms with van der Waals surface area (Å²) in [6, 6.07) is 10.4. The summed E-state index contributed by atoms with van der Waals surface area (Å²) in [5.41, 5.74) is 1.30. The third-order valence-corrected chi connectivity index (χ3v) is 4.07. The standard InChI is InChI=1S/C17H23N5O2/c1-13-19-16(21-24-13)10-18-17(23)20-15-8-5-9-22(12-15)11-14-6-3-2-4-7-14/h2-4,6-7,15H,5,8-12H2,1H3,(H2,18,20,23). The third-order valence-electron chi connectivity index (χ3n) is 4.07. The molecule has 24 heavy (non-hydrogen) atoms. The lowest BCUT2D eigenvalue weighted by Crippen LogP contribution is -2.50. The minimum atomic E-state index is -0.191. The maximum absolute atomic E-state index is 12.0. The number of carbonyl (C=O) groups is 1. The summed E-state index contributed by atoms with van der Waals surface area (Å²) in [7, 11) is 0. The van der Waals surface area contributed by atoms with E-state index in [1.165, 1.54) is 5.56 Å². The number of hydrogen-bond donors (Lipinski definition) is 2. The minimum absolute atomic E-state index is 0.162. The van der Waals surface area contributed by atoms with Crippen LogP contribution < -0.4 is 10.6 Å².